The number of carbonyl (C=O) groups is 2. The summed E-state index contributed by atoms with van der Waals surface area (Å²) in [6, 6.07) is -0.489. The van der Waals surface area contributed by atoms with Crippen molar-refractivity contribution < 1.29 is 9.59 Å². The molecule has 0 saturated heterocycles. The first-order valence-corrected chi connectivity index (χ1v) is 11.2. The molecule has 7 nitrogen and oxygen atoms in total. The normalized spacial score (nSPS) is 31.1. The number of nitrogens with zero attached hydrogens (tertiary/aromatic N) is 3. The maximum absolute atomic E-state index is 13.3. The first-order chi connectivity index (χ1) is 13.8. The van der Waals surface area contributed by atoms with Crippen LogP contribution in [0.2, 0.25) is 0 Å². The smallest absolute Gasteiger partial charge is 0.242 e. The minimum Gasteiger partial charge on any atom is -0.354 e. The van der Waals surface area contributed by atoms with Gasteiger partial charge in [0.05, 0.1) is 0 Å². The van der Waals surface area contributed by atoms with E-state index in [-0.39, 0.29) is 23.1 Å². The molecule has 4 aliphatic carbocycles. The molecule has 4 saturated carbocycles. The van der Waals surface area contributed by atoms with Crippen LogP contribution in [0.25, 0.3) is 0 Å². The molecule has 0 spiro atoms. The fourth-order valence-electron chi connectivity index (χ4n) is 6.29. The second kappa shape index (κ2) is 7.73. The monoisotopic (exact) mass is 401 g/mol. The van der Waals surface area contributed by atoms with Crippen molar-refractivity contribution >= 4 is 11.8 Å². The average Bonchev–Trinajstić information content (AvgIpc) is 2.96. The Kier molecular flexibility index (Phi) is 5.42. The van der Waals surface area contributed by atoms with Gasteiger partial charge in [0, 0.05) is 25.4 Å². The van der Waals surface area contributed by atoms with E-state index in [1.165, 1.54) is 19.3 Å². The van der Waals surface area contributed by atoms with Crippen LogP contribution in [0.1, 0.15) is 64.0 Å². The van der Waals surface area contributed by atoms with Gasteiger partial charge in [0.1, 0.15) is 17.7 Å². The zero-order chi connectivity index (χ0) is 20.8. The Hall–Kier alpha value is -1.92. The summed E-state index contributed by atoms with van der Waals surface area (Å²) in [6.07, 6.45) is 7.59. The molecule has 1 aromatic heterocycles. The summed E-state index contributed by atoms with van der Waals surface area (Å²) in [5, 5.41) is 14.3. The van der Waals surface area contributed by atoms with E-state index >= 15 is 0 Å². The van der Waals surface area contributed by atoms with Crippen molar-refractivity contribution in [3.05, 3.63) is 11.6 Å². The van der Waals surface area contributed by atoms with Gasteiger partial charge in [-0.2, -0.15) is 0 Å². The third kappa shape index (κ3) is 3.92. The van der Waals surface area contributed by atoms with Gasteiger partial charge in [0.15, 0.2) is 0 Å². The van der Waals surface area contributed by atoms with E-state index in [0.717, 1.165) is 30.9 Å². The molecule has 5 rings (SSSR count). The second-order valence-electron chi connectivity index (χ2n) is 10.2. The number of hydrogen-bond acceptors (Lipinski definition) is 4. The average molecular weight is 402 g/mol. The van der Waals surface area contributed by atoms with Gasteiger partial charge < -0.3 is 15.2 Å². The number of hydrogen-bond donors (Lipinski definition) is 2. The van der Waals surface area contributed by atoms with Crippen LogP contribution in [-0.2, 0) is 23.1 Å². The van der Waals surface area contributed by atoms with Crippen molar-refractivity contribution in [1.82, 2.24) is 25.4 Å². The summed E-state index contributed by atoms with van der Waals surface area (Å²) in [5.41, 5.74) is -0.224. The number of aromatic nitrogens is 3. The van der Waals surface area contributed by atoms with Gasteiger partial charge in [0.2, 0.25) is 11.8 Å². The van der Waals surface area contributed by atoms with Crippen LogP contribution in [-0.4, -0.2) is 39.2 Å². The summed E-state index contributed by atoms with van der Waals surface area (Å²) >= 11 is 0. The minimum atomic E-state index is -0.489. The summed E-state index contributed by atoms with van der Waals surface area (Å²) in [5.74, 6) is 3.92. The Morgan fingerprint density at radius 1 is 1.10 bits per heavy atom. The largest absolute Gasteiger partial charge is 0.354 e. The molecule has 0 aliphatic heterocycles. The molecule has 2 N–H and O–H groups in total. The molecule has 0 aromatic carbocycles. The number of amides is 2. The van der Waals surface area contributed by atoms with Crippen molar-refractivity contribution in [2.45, 2.75) is 71.8 Å². The predicted molar refractivity (Wildman–Crippen MR) is 110 cm³/mol. The lowest BCUT2D eigenvalue weighted by molar-refractivity contribution is -0.149. The van der Waals surface area contributed by atoms with E-state index in [1.54, 1.807) is 0 Å². The van der Waals surface area contributed by atoms with E-state index in [2.05, 4.69) is 20.8 Å². The van der Waals surface area contributed by atoms with Crippen molar-refractivity contribution in [2.75, 3.05) is 6.54 Å². The summed E-state index contributed by atoms with van der Waals surface area (Å²) < 4.78 is 1.93. The van der Waals surface area contributed by atoms with Crippen molar-refractivity contribution in [3.63, 3.8) is 0 Å². The zero-order valence-corrected chi connectivity index (χ0v) is 18.2. The molecule has 1 atom stereocenters. The topological polar surface area (TPSA) is 88.9 Å². The number of rotatable bonds is 7. The zero-order valence-electron chi connectivity index (χ0n) is 18.2. The highest BCUT2D eigenvalue weighted by Gasteiger charge is 2.55. The number of aryl methyl sites for hydroxylation is 1. The highest BCUT2D eigenvalue weighted by Crippen LogP contribution is 2.60. The molecule has 1 unspecified atom stereocenters. The van der Waals surface area contributed by atoms with Crippen LogP contribution >= 0.6 is 0 Å². The van der Waals surface area contributed by atoms with Crippen LogP contribution in [0.3, 0.4) is 0 Å². The Morgan fingerprint density at radius 3 is 2.17 bits per heavy atom. The summed E-state index contributed by atoms with van der Waals surface area (Å²) in [7, 11) is 1.93. The minimum absolute atomic E-state index is 0.0462. The van der Waals surface area contributed by atoms with Gasteiger partial charge >= 0.3 is 0 Å². The van der Waals surface area contributed by atoms with Crippen molar-refractivity contribution in [1.29, 1.82) is 0 Å². The first kappa shape index (κ1) is 20.4. The molecule has 4 fully saturated rings. The van der Waals surface area contributed by atoms with E-state index < -0.39 is 6.04 Å². The van der Waals surface area contributed by atoms with E-state index in [0.29, 0.717) is 30.7 Å². The van der Waals surface area contributed by atoms with Crippen LogP contribution < -0.4 is 10.6 Å². The van der Waals surface area contributed by atoms with E-state index in [1.807, 2.05) is 32.4 Å². The quantitative estimate of drug-likeness (QED) is 0.733. The molecule has 7 heteroatoms. The standard InChI is InChI=1S/C22H35N5O2/c1-13(2)19(20(28)23-6-5-18-26-25-14(3)27(18)4)24-21(29)22-10-15-7-16(11-22)9-17(8-15)12-22/h13,15-17,19H,5-12H2,1-4H3,(H,23,28)(H,24,29). The third-order valence-electron chi connectivity index (χ3n) is 7.59. The van der Waals surface area contributed by atoms with E-state index in [9.17, 15) is 9.59 Å². The number of nitrogens with one attached hydrogen (secondary N) is 2. The maximum atomic E-state index is 13.3. The SMILES string of the molecule is Cc1nnc(CCNC(=O)C(NC(=O)C23CC4CC(CC(C4)C2)C3)C(C)C)n1C. The number of carbonyl (C=O) groups excluding carboxylic acids is 2. The molecule has 1 heterocycles. The molecule has 1 aromatic rings. The highest BCUT2D eigenvalue weighted by molar-refractivity contribution is 5.90. The molecule has 160 valence electrons. The summed E-state index contributed by atoms with van der Waals surface area (Å²) in [6.45, 7) is 6.39. The predicted octanol–water partition coefficient (Wildman–Crippen LogP) is 2.14. The van der Waals surface area contributed by atoms with Crippen LogP contribution in [0.15, 0.2) is 0 Å². The molecular weight excluding hydrogens is 366 g/mol. The molecule has 4 aliphatic rings. The van der Waals surface area contributed by atoms with Gasteiger partial charge in [-0.3, -0.25) is 9.59 Å². The first-order valence-electron chi connectivity index (χ1n) is 11.2. The van der Waals surface area contributed by atoms with Gasteiger partial charge in [-0.25, -0.2) is 0 Å². The Bertz CT molecular complexity index is 749. The Balaban J connectivity index is 1.35. The highest BCUT2D eigenvalue weighted by atomic mass is 16.2. The van der Waals surface area contributed by atoms with Crippen LogP contribution in [0.4, 0.5) is 0 Å². The van der Waals surface area contributed by atoms with Crippen LogP contribution in [0.5, 0.6) is 0 Å². The van der Waals surface area contributed by atoms with E-state index in [4.69, 9.17) is 0 Å². The molecular formula is C22H35N5O2. The fourth-order valence-corrected chi connectivity index (χ4v) is 6.29. The second-order valence-corrected chi connectivity index (χ2v) is 10.2. The maximum Gasteiger partial charge on any atom is 0.242 e. The van der Waals surface area contributed by atoms with Crippen molar-refractivity contribution in [2.24, 2.45) is 36.1 Å². The Morgan fingerprint density at radius 2 is 1.69 bits per heavy atom. The van der Waals surface area contributed by atoms with Gasteiger partial charge in [-0.1, -0.05) is 13.8 Å². The molecule has 4 bridgehead atoms. The van der Waals surface area contributed by atoms with Gasteiger partial charge in [0.25, 0.3) is 0 Å². The fraction of sp³-hybridized carbons (Fsp3) is 0.818. The lowest BCUT2D eigenvalue weighted by Crippen LogP contribution is -2.58. The van der Waals surface area contributed by atoms with Crippen LogP contribution in [0, 0.1) is 36.0 Å². The Labute approximate surface area is 173 Å². The molecule has 0 radical (unpaired) electrons. The summed E-state index contributed by atoms with van der Waals surface area (Å²) in [4.78, 5) is 26.2. The lowest BCUT2D eigenvalue weighted by Gasteiger charge is -2.55. The van der Waals surface area contributed by atoms with Gasteiger partial charge in [-0.15, -0.1) is 10.2 Å². The van der Waals surface area contributed by atoms with Gasteiger partial charge in [-0.05, 0) is 69.1 Å². The van der Waals surface area contributed by atoms with Crippen molar-refractivity contribution in [3.8, 4) is 0 Å². The molecule has 2 amide bonds. The lowest BCUT2D eigenvalue weighted by atomic mass is 9.49. The third-order valence-corrected chi connectivity index (χ3v) is 7.59. The molecule has 29 heavy (non-hydrogen) atoms.